The summed E-state index contributed by atoms with van der Waals surface area (Å²) in [5, 5.41) is 2.77. The van der Waals surface area contributed by atoms with Gasteiger partial charge >= 0.3 is 5.97 Å². The van der Waals surface area contributed by atoms with Crippen molar-refractivity contribution in [1.82, 2.24) is 5.32 Å². The van der Waals surface area contributed by atoms with Crippen LogP contribution in [0.25, 0.3) is 0 Å². The van der Waals surface area contributed by atoms with E-state index in [0.29, 0.717) is 5.69 Å². The van der Waals surface area contributed by atoms with Gasteiger partial charge in [0.25, 0.3) is 15.9 Å². The van der Waals surface area contributed by atoms with Gasteiger partial charge in [0, 0.05) is 12.6 Å². The Labute approximate surface area is 170 Å². The number of nitrogens with one attached hydrogen (secondary N) is 1. The zero-order valence-corrected chi connectivity index (χ0v) is 17.2. The van der Waals surface area contributed by atoms with Crippen LogP contribution in [0.4, 0.5) is 5.69 Å². The van der Waals surface area contributed by atoms with Crippen LogP contribution in [-0.2, 0) is 19.6 Å². The minimum Gasteiger partial charge on any atom is -0.449 e. The van der Waals surface area contributed by atoms with Crippen LogP contribution in [0.15, 0.2) is 59.5 Å². The third kappa shape index (κ3) is 4.95. The Morgan fingerprint density at radius 2 is 1.83 bits per heavy atom. The molecular formula is C21H24N2O5S. The quantitative estimate of drug-likeness (QED) is 0.668. The minimum absolute atomic E-state index is 0.0206. The third-order valence-corrected chi connectivity index (χ3v) is 6.46. The summed E-state index contributed by atoms with van der Waals surface area (Å²) in [6.45, 7) is 3.46. The molecule has 1 atom stereocenters. The Morgan fingerprint density at radius 3 is 2.45 bits per heavy atom. The molecule has 1 amide bonds. The number of sulfonamides is 1. The van der Waals surface area contributed by atoms with Gasteiger partial charge in [-0.25, -0.2) is 13.2 Å². The molecule has 0 heterocycles. The molecule has 0 spiro atoms. The van der Waals surface area contributed by atoms with Gasteiger partial charge in [-0.1, -0.05) is 24.3 Å². The highest BCUT2D eigenvalue weighted by Gasteiger charge is 2.28. The van der Waals surface area contributed by atoms with Crippen LogP contribution < -0.4 is 9.62 Å². The smallest absolute Gasteiger partial charge is 0.338 e. The van der Waals surface area contributed by atoms with E-state index in [1.54, 1.807) is 37.3 Å². The highest BCUT2D eigenvalue weighted by molar-refractivity contribution is 7.92. The molecule has 1 N–H and O–H groups in total. The average Bonchev–Trinajstić information content (AvgIpc) is 3.53. The molecule has 0 aromatic heterocycles. The van der Waals surface area contributed by atoms with Crippen molar-refractivity contribution in [2.75, 3.05) is 10.8 Å². The van der Waals surface area contributed by atoms with Gasteiger partial charge in [-0.15, -0.1) is 0 Å². The van der Waals surface area contributed by atoms with Crippen molar-refractivity contribution < 1.29 is 22.7 Å². The van der Waals surface area contributed by atoms with E-state index in [-0.39, 0.29) is 29.0 Å². The second-order valence-corrected chi connectivity index (χ2v) is 8.73. The zero-order chi connectivity index (χ0) is 21.0. The number of amides is 1. The summed E-state index contributed by atoms with van der Waals surface area (Å²) in [6.07, 6.45) is 0.906. The molecule has 0 bridgehead atoms. The lowest BCUT2D eigenvalue weighted by atomic mass is 10.2. The first-order valence-corrected chi connectivity index (χ1v) is 11.0. The lowest BCUT2D eigenvalue weighted by Crippen LogP contribution is -2.37. The molecular weight excluding hydrogens is 392 g/mol. The molecule has 1 aliphatic rings. The number of esters is 1. The molecule has 8 heteroatoms. The molecule has 1 saturated carbocycles. The molecule has 2 aromatic carbocycles. The van der Waals surface area contributed by atoms with Crippen molar-refractivity contribution in [3.8, 4) is 0 Å². The van der Waals surface area contributed by atoms with E-state index in [9.17, 15) is 18.0 Å². The maximum absolute atomic E-state index is 13.1. The summed E-state index contributed by atoms with van der Waals surface area (Å²) in [5.74, 6) is -1.10. The standard InChI is InChI=1S/C21H24N2O5S/c1-3-23(18-9-5-4-6-10-18)29(26,27)19-11-7-8-16(14-19)21(25)28-15(2)20(24)22-17-12-13-17/h4-11,14-15,17H,3,12-13H2,1-2H3,(H,22,24)/t15-/m0/s1. The highest BCUT2D eigenvalue weighted by Crippen LogP contribution is 2.24. The number of ether oxygens (including phenoxy) is 1. The largest absolute Gasteiger partial charge is 0.449 e. The Balaban J connectivity index is 1.78. The monoisotopic (exact) mass is 416 g/mol. The first-order valence-electron chi connectivity index (χ1n) is 9.52. The minimum atomic E-state index is -3.87. The average molecular weight is 416 g/mol. The molecule has 0 aliphatic heterocycles. The number of nitrogens with zero attached hydrogens (tertiary/aromatic N) is 1. The number of anilines is 1. The van der Waals surface area contributed by atoms with Crippen molar-refractivity contribution in [3.63, 3.8) is 0 Å². The van der Waals surface area contributed by atoms with Gasteiger partial charge in [-0.3, -0.25) is 9.10 Å². The summed E-state index contributed by atoms with van der Waals surface area (Å²) in [6, 6.07) is 14.6. The summed E-state index contributed by atoms with van der Waals surface area (Å²) in [5.41, 5.74) is 0.606. The van der Waals surface area contributed by atoms with Crippen molar-refractivity contribution in [2.24, 2.45) is 0 Å². The van der Waals surface area contributed by atoms with Crippen LogP contribution in [-0.4, -0.2) is 39.0 Å². The number of rotatable bonds is 8. The maximum atomic E-state index is 13.1. The van der Waals surface area contributed by atoms with Crippen molar-refractivity contribution >= 4 is 27.6 Å². The molecule has 0 saturated heterocycles. The molecule has 1 fully saturated rings. The number of para-hydroxylation sites is 1. The van der Waals surface area contributed by atoms with Gasteiger partial charge in [0.15, 0.2) is 6.10 Å². The molecule has 154 valence electrons. The number of carbonyl (C=O) groups excluding carboxylic acids is 2. The highest BCUT2D eigenvalue weighted by atomic mass is 32.2. The predicted molar refractivity (Wildman–Crippen MR) is 109 cm³/mol. The Bertz CT molecular complexity index is 987. The fraction of sp³-hybridized carbons (Fsp3) is 0.333. The van der Waals surface area contributed by atoms with Crippen LogP contribution in [0, 0.1) is 0 Å². The molecule has 29 heavy (non-hydrogen) atoms. The molecule has 0 unspecified atom stereocenters. The Hall–Kier alpha value is -2.87. The Morgan fingerprint density at radius 1 is 1.14 bits per heavy atom. The predicted octanol–water partition coefficient (Wildman–Crippen LogP) is 2.73. The van der Waals surface area contributed by atoms with Gasteiger partial charge in [0.2, 0.25) is 0 Å². The molecule has 2 aromatic rings. The lowest BCUT2D eigenvalue weighted by Gasteiger charge is -2.23. The van der Waals surface area contributed by atoms with Crippen molar-refractivity contribution in [3.05, 3.63) is 60.2 Å². The van der Waals surface area contributed by atoms with Crippen LogP contribution in [0.2, 0.25) is 0 Å². The summed E-state index contributed by atoms with van der Waals surface area (Å²) in [7, 11) is -3.87. The van der Waals surface area contributed by atoms with Gasteiger partial charge in [0.1, 0.15) is 0 Å². The van der Waals surface area contributed by atoms with Gasteiger partial charge in [-0.05, 0) is 57.0 Å². The van der Waals surface area contributed by atoms with E-state index in [1.807, 2.05) is 0 Å². The second kappa shape index (κ2) is 8.65. The van der Waals surface area contributed by atoms with Crippen LogP contribution >= 0.6 is 0 Å². The summed E-state index contributed by atoms with van der Waals surface area (Å²) >= 11 is 0. The number of hydrogen-bond donors (Lipinski definition) is 1. The van der Waals surface area contributed by atoms with Crippen LogP contribution in [0.5, 0.6) is 0 Å². The van der Waals surface area contributed by atoms with Gasteiger partial charge in [-0.2, -0.15) is 0 Å². The van der Waals surface area contributed by atoms with E-state index in [2.05, 4.69) is 5.32 Å². The third-order valence-electron chi connectivity index (χ3n) is 4.57. The molecule has 1 aliphatic carbocycles. The normalized spacial score (nSPS) is 14.7. The van der Waals surface area contributed by atoms with E-state index in [4.69, 9.17) is 4.74 Å². The summed E-state index contributed by atoms with van der Waals surface area (Å²) in [4.78, 5) is 24.4. The van der Waals surface area contributed by atoms with Crippen molar-refractivity contribution in [2.45, 2.75) is 43.7 Å². The zero-order valence-electron chi connectivity index (χ0n) is 16.4. The second-order valence-electron chi connectivity index (χ2n) is 6.86. The van der Waals surface area contributed by atoms with E-state index in [1.165, 1.54) is 35.5 Å². The number of benzene rings is 2. The first-order chi connectivity index (χ1) is 13.8. The number of hydrogen-bond acceptors (Lipinski definition) is 5. The van der Waals surface area contributed by atoms with Gasteiger partial charge < -0.3 is 10.1 Å². The van der Waals surface area contributed by atoms with Crippen molar-refractivity contribution in [1.29, 1.82) is 0 Å². The van der Waals surface area contributed by atoms with Crippen LogP contribution in [0.1, 0.15) is 37.0 Å². The topological polar surface area (TPSA) is 92.8 Å². The summed E-state index contributed by atoms with van der Waals surface area (Å²) < 4.78 is 32.7. The molecule has 3 rings (SSSR count). The van der Waals surface area contributed by atoms with Gasteiger partial charge in [0.05, 0.1) is 16.1 Å². The SMILES string of the molecule is CCN(c1ccccc1)S(=O)(=O)c1cccc(C(=O)O[C@@H](C)C(=O)NC2CC2)c1. The van der Waals surface area contributed by atoms with E-state index < -0.39 is 22.1 Å². The van der Waals surface area contributed by atoms with E-state index >= 15 is 0 Å². The lowest BCUT2D eigenvalue weighted by molar-refractivity contribution is -0.129. The fourth-order valence-electron chi connectivity index (χ4n) is 2.82. The van der Waals surface area contributed by atoms with E-state index in [0.717, 1.165) is 12.8 Å². The molecule has 7 nitrogen and oxygen atoms in total. The van der Waals surface area contributed by atoms with Crippen LogP contribution in [0.3, 0.4) is 0 Å². The Kier molecular flexibility index (Phi) is 6.22. The molecule has 0 radical (unpaired) electrons. The first kappa shape index (κ1) is 20.9. The number of carbonyl (C=O) groups is 2. The maximum Gasteiger partial charge on any atom is 0.338 e. The fourth-order valence-corrected chi connectivity index (χ4v) is 4.34.